The molecule has 1 fully saturated rings. The number of anilines is 1. The second kappa shape index (κ2) is 5.71. The van der Waals surface area contributed by atoms with Crippen LogP contribution in [0.3, 0.4) is 0 Å². The molecule has 1 saturated heterocycles. The number of pyridine rings is 1. The lowest BCUT2D eigenvalue weighted by atomic mass is 10.4. The Morgan fingerprint density at radius 2 is 2.06 bits per heavy atom. The second-order valence-corrected chi connectivity index (χ2v) is 4.80. The molecule has 0 bridgehead atoms. The average molecular weight is 260 g/mol. The highest BCUT2D eigenvalue weighted by atomic mass is 35.5. The summed E-state index contributed by atoms with van der Waals surface area (Å²) in [4.78, 5) is 6.59. The van der Waals surface area contributed by atoms with Gasteiger partial charge in [0.25, 0.3) is 0 Å². The SMILES string of the molecule is Clc1cnc(NCCN2CCCC2)c(Cl)c1. The van der Waals surface area contributed by atoms with Gasteiger partial charge in [0.2, 0.25) is 0 Å². The van der Waals surface area contributed by atoms with Crippen molar-refractivity contribution in [2.24, 2.45) is 0 Å². The predicted octanol–water partition coefficient (Wildman–Crippen LogP) is 2.90. The fraction of sp³-hybridized carbons (Fsp3) is 0.545. The number of rotatable bonds is 4. The van der Waals surface area contributed by atoms with Crippen LogP contribution in [-0.4, -0.2) is 36.1 Å². The van der Waals surface area contributed by atoms with Crippen LogP contribution >= 0.6 is 23.2 Å². The Bertz CT molecular complexity index is 351. The van der Waals surface area contributed by atoms with Crippen LogP contribution in [0.5, 0.6) is 0 Å². The van der Waals surface area contributed by atoms with Gasteiger partial charge in [-0.25, -0.2) is 4.98 Å². The highest BCUT2D eigenvalue weighted by molar-refractivity contribution is 6.35. The Labute approximate surface area is 106 Å². The molecule has 0 saturated carbocycles. The number of likely N-dealkylation sites (tertiary alicyclic amines) is 1. The van der Waals surface area contributed by atoms with Gasteiger partial charge in [0.05, 0.1) is 10.0 Å². The first-order valence-corrected chi connectivity index (χ1v) is 6.28. The first kappa shape index (κ1) is 12.0. The van der Waals surface area contributed by atoms with Gasteiger partial charge < -0.3 is 10.2 Å². The highest BCUT2D eigenvalue weighted by Crippen LogP contribution is 2.22. The summed E-state index contributed by atoms with van der Waals surface area (Å²) in [6, 6.07) is 1.70. The standard InChI is InChI=1S/C11H15Cl2N3/c12-9-7-10(13)11(15-8-9)14-3-6-16-4-1-2-5-16/h7-8H,1-6H2,(H,14,15). The van der Waals surface area contributed by atoms with E-state index in [2.05, 4.69) is 15.2 Å². The summed E-state index contributed by atoms with van der Waals surface area (Å²) in [5.74, 6) is 0.713. The quantitative estimate of drug-likeness (QED) is 0.902. The average Bonchev–Trinajstić information content (AvgIpc) is 2.74. The summed E-state index contributed by atoms with van der Waals surface area (Å²) in [7, 11) is 0. The van der Waals surface area contributed by atoms with Gasteiger partial charge in [-0.1, -0.05) is 23.2 Å². The van der Waals surface area contributed by atoms with Crippen molar-refractivity contribution in [3.8, 4) is 0 Å². The van der Waals surface area contributed by atoms with Crippen molar-refractivity contribution in [2.45, 2.75) is 12.8 Å². The van der Waals surface area contributed by atoms with Gasteiger partial charge in [-0.05, 0) is 32.0 Å². The number of nitrogens with one attached hydrogen (secondary N) is 1. The summed E-state index contributed by atoms with van der Waals surface area (Å²) in [6.45, 7) is 4.34. The molecular weight excluding hydrogens is 245 g/mol. The smallest absolute Gasteiger partial charge is 0.144 e. The highest BCUT2D eigenvalue weighted by Gasteiger charge is 2.10. The van der Waals surface area contributed by atoms with E-state index >= 15 is 0 Å². The van der Waals surface area contributed by atoms with E-state index in [0.29, 0.717) is 15.9 Å². The first-order chi connectivity index (χ1) is 7.75. The molecule has 0 aliphatic carbocycles. The molecule has 0 spiro atoms. The molecule has 3 nitrogen and oxygen atoms in total. The van der Waals surface area contributed by atoms with Gasteiger partial charge in [0.15, 0.2) is 0 Å². The molecule has 5 heteroatoms. The van der Waals surface area contributed by atoms with Crippen LogP contribution in [0.15, 0.2) is 12.3 Å². The molecule has 2 rings (SSSR count). The van der Waals surface area contributed by atoms with Crippen LogP contribution in [-0.2, 0) is 0 Å². The van der Waals surface area contributed by atoms with Crippen LogP contribution in [0, 0.1) is 0 Å². The Morgan fingerprint density at radius 1 is 1.31 bits per heavy atom. The lowest BCUT2D eigenvalue weighted by molar-refractivity contribution is 0.352. The Hall–Kier alpha value is -0.510. The van der Waals surface area contributed by atoms with Gasteiger partial charge in [0.1, 0.15) is 5.82 Å². The van der Waals surface area contributed by atoms with Crippen molar-refractivity contribution in [2.75, 3.05) is 31.5 Å². The van der Waals surface area contributed by atoms with E-state index in [1.165, 1.54) is 25.9 Å². The largest absolute Gasteiger partial charge is 0.368 e. The lowest BCUT2D eigenvalue weighted by Crippen LogP contribution is -2.26. The normalized spacial score (nSPS) is 16.6. The van der Waals surface area contributed by atoms with E-state index in [0.717, 1.165) is 13.1 Å². The molecule has 1 N–H and O–H groups in total. The van der Waals surface area contributed by atoms with Crippen molar-refractivity contribution >= 4 is 29.0 Å². The maximum atomic E-state index is 6.00. The molecule has 0 radical (unpaired) electrons. The number of hydrogen-bond acceptors (Lipinski definition) is 3. The molecular formula is C11H15Cl2N3. The summed E-state index contributed by atoms with van der Waals surface area (Å²) < 4.78 is 0. The van der Waals surface area contributed by atoms with Gasteiger partial charge >= 0.3 is 0 Å². The van der Waals surface area contributed by atoms with Gasteiger partial charge in [0, 0.05) is 19.3 Å². The van der Waals surface area contributed by atoms with E-state index in [-0.39, 0.29) is 0 Å². The van der Waals surface area contributed by atoms with Crippen LogP contribution in [0.4, 0.5) is 5.82 Å². The molecule has 0 aromatic carbocycles. The molecule has 0 amide bonds. The van der Waals surface area contributed by atoms with Crippen molar-refractivity contribution < 1.29 is 0 Å². The molecule has 2 heterocycles. The zero-order valence-electron chi connectivity index (χ0n) is 9.05. The maximum absolute atomic E-state index is 6.00. The van der Waals surface area contributed by atoms with E-state index in [4.69, 9.17) is 23.2 Å². The minimum Gasteiger partial charge on any atom is -0.368 e. The summed E-state index contributed by atoms with van der Waals surface area (Å²) in [5.41, 5.74) is 0. The van der Waals surface area contributed by atoms with Crippen molar-refractivity contribution in [3.05, 3.63) is 22.3 Å². The first-order valence-electron chi connectivity index (χ1n) is 5.53. The van der Waals surface area contributed by atoms with Crippen molar-refractivity contribution in [1.29, 1.82) is 0 Å². The Morgan fingerprint density at radius 3 is 2.75 bits per heavy atom. The summed E-state index contributed by atoms with van der Waals surface area (Å²) >= 11 is 11.8. The van der Waals surface area contributed by atoms with E-state index in [1.807, 2.05) is 0 Å². The van der Waals surface area contributed by atoms with Crippen LogP contribution in [0.1, 0.15) is 12.8 Å². The van der Waals surface area contributed by atoms with Gasteiger partial charge in [-0.15, -0.1) is 0 Å². The number of nitrogens with zero attached hydrogens (tertiary/aromatic N) is 2. The summed E-state index contributed by atoms with van der Waals surface area (Å²) in [5, 5.41) is 4.37. The lowest BCUT2D eigenvalue weighted by Gasteiger charge is -2.15. The fourth-order valence-electron chi connectivity index (χ4n) is 1.88. The van der Waals surface area contributed by atoms with E-state index in [1.54, 1.807) is 12.3 Å². The topological polar surface area (TPSA) is 28.2 Å². The zero-order valence-corrected chi connectivity index (χ0v) is 10.6. The zero-order chi connectivity index (χ0) is 11.4. The van der Waals surface area contributed by atoms with Crippen LogP contribution in [0.2, 0.25) is 10.0 Å². The molecule has 88 valence electrons. The van der Waals surface area contributed by atoms with Gasteiger partial charge in [-0.3, -0.25) is 0 Å². The van der Waals surface area contributed by atoms with Crippen LogP contribution < -0.4 is 5.32 Å². The molecule has 1 aromatic rings. The third-order valence-corrected chi connectivity index (χ3v) is 3.22. The monoisotopic (exact) mass is 259 g/mol. The molecule has 0 atom stereocenters. The molecule has 1 aliphatic heterocycles. The fourth-order valence-corrected chi connectivity index (χ4v) is 2.33. The number of hydrogen-bond donors (Lipinski definition) is 1. The molecule has 1 aromatic heterocycles. The minimum atomic E-state index is 0.565. The third kappa shape index (κ3) is 3.24. The minimum absolute atomic E-state index is 0.565. The van der Waals surface area contributed by atoms with Crippen LogP contribution in [0.25, 0.3) is 0 Å². The predicted molar refractivity (Wildman–Crippen MR) is 68.4 cm³/mol. The third-order valence-electron chi connectivity index (χ3n) is 2.73. The van der Waals surface area contributed by atoms with Crippen molar-refractivity contribution in [1.82, 2.24) is 9.88 Å². The van der Waals surface area contributed by atoms with E-state index in [9.17, 15) is 0 Å². The molecule has 1 aliphatic rings. The number of halogens is 2. The molecule has 16 heavy (non-hydrogen) atoms. The van der Waals surface area contributed by atoms with Gasteiger partial charge in [-0.2, -0.15) is 0 Å². The van der Waals surface area contributed by atoms with E-state index < -0.39 is 0 Å². The number of aromatic nitrogens is 1. The maximum Gasteiger partial charge on any atom is 0.144 e. The summed E-state index contributed by atoms with van der Waals surface area (Å²) in [6.07, 6.45) is 4.24. The second-order valence-electron chi connectivity index (χ2n) is 3.96. The molecule has 0 unspecified atom stereocenters. The Kier molecular flexibility index (Phi) is 4.27. The van der Waals surface area contributed by atoms with Crippen molar-refractivity contribution in [3.63, 3.8) is 0 Å². The Balaban J connectivity index is 1.80.